The second-order valence-corrected chi connectivity index (χ2v) is 10.9. The summed E-state index contributed by atoms with van der Waals surface area (Å²) < 4.78 is 1.13. The largest absolute Gasteiger partial charge is 0.350 e. The maximum absolute atomic E-state index is 13.3. The van der Waals surface area contributed by atoms with Gasteiger partial charge in [-0.05, 0) is 55.2 Å². The zero-order chi connectivity index (χ0) is 22.7. The molecule has 2 aliphatic rings. The number of thiazole rings is 1. The van der Waals surface area contributed by atoms with Crippen LogP contribution in [-0.4, -0.2) is 35.4 Å². The van der Waals surface area contributed by atoms with Crippen molar-refractivity contribution in [2.24, 2.45) is 17.6 Å². The normalized spacial score (nSPS) is 19.1. The standard InChI is InChI=1S/C25H36N4O2S/c1-15(2)18-10-11-19-22(12-18)32-23(27-19)13-20(28-24(30)17-8-9-17)25(31)29-21(14-26)16-6-4-3-5-7-16/h10-12,15-17,20-21H,3-9,13-14,26H2,1-2H3,(H,28,30)(H,29,31)/t20-,21+/m0/s1. The molecular weight excluding hydrogens is 420 g/mol. The second-order valence-electron chi connectivity index (χ2n) is 9.78. The first-order valence-electron chi connectivity index (χ1n) is 12.1. The van der Waals surface area contributed by atoms with E-state index in [-0.39, 0.29) is 23.8 Å². The molecule has 2 saturated carbocycles. The van der Waals surface area contributed by atoms with Crippen LogP contribution in [0.3, 0.4) is 0 Å². The first-order chi connectivity index (χ1) is 15.4. The smallest absolute Gasteiger partial charge is 0.243 e. The van der Waals surface area contributed by atoms with Gasteiger partial charge >= 0.3 is 0 Å². The van der Waals surface area contributed by atoms with E-state index in [1.54, 1.807) is 11.3 Å². The molecule has 0 spiro atoms. The Bertz CT molecular complexity index is 947. The van der Waals surface area contributed by atoms with Gasteiger partial charge in [0.15, 0.2) is 0 Å². The Morgan fingerprint density at radius 2 is 1.88 bits per heavy atom. The van der Waals surface area contributed by atoms with Gasteiger partial charge in [-0.2, -0.15) is 0 Å². The Labute approximate surface area is 194 Å². The van der Waals surface area contributed by atoms with Crippen molar-refractivity contribution in [3.63, 3.8) is 0 Å². The van der Waals surface area contributed by atoms with Gasteiger partial charge in [0.05, 0.1) is 15.2 Å². The number of amides is 2. The number of carbonyl (C=O) groups excluding carboxylic acids is 2. The molecule has 32 heavy (non-hydrogen) atoms. The average molecular weight is 457 g/mol. The summed E-state index contributed by atoms with van der Waals surface area (Å²) >= 11 is 1.61. The monoisotopic (exact) mass is 456 g/mol. The Kier molecular flexibility index (Phi) is 7.46. The van der Waals surface area contributed by atoms with Crippen molar-refractivity contribution in [2.75, 3.05) is 6.54 Å². The number of benzene rings is 1. The maximum Gasteiger partial charge on any atom is 0.243 e. The minimum Gasteiger partial charge on any atom is -0.350 e. The summed E-state index contributed by atoms with van der Waals surface area (Å²) in [4.78, 5) is 30.6. The predicted octanol–water partition coefficient (Wildman–Crippen LogP) is 3.88. The summed E-state index contributed by atoms with van der Waals surface area (Å²) in [6, 6.07) is 5.70. The SMILES string of the molecule is CC(C)c1ccc2nc(C[C@H](NC(=O)C3CC3)C(=O)N[C@H](CN)C3CCCCC3)sc2c1. The van der Waals surface area contributed by atoms with E-state index < -0.39 is 6.04 Å². The Morgan fingerprint density at radius 3 is 2.53 bits per heavy atom. The van der Waals surface area contributed by atoms with Crippen LogP contribution in [0.25, 0.3) is 10.2 Å². The predicted molar refractivity (Wildman–Crippen MR) is 130 cm³/mol. The fraction of sp³-hybridized carbons (Fsp3) is 0.640. The Balaban J connectivity index is 1.49. The molecule has 2 fully saturated rings. The first kappa shape index (κ1) is 23.2. The number of fused-ring (bicyclic) bond motifs is 1. The molecule has 7 heteroatoms. The molecule has 2 atom stereocenters. The Hall–Kier alpha value is -1.99. The zero-order valence-corrected chi connectivity index (χ0v) is 20.0. The van der Waals surface area contributed by atoms with Crippen molar-refractivity contribution < 1.29 is 9.59 Å². The van der Waals surface area contributed by atoms with Crippen molar-refractivity contribution >= 4 is 33.4 Å². The fourth-order valence-electron chi connectivity index (χ4n) is 4.64. The molecule has 0 bridgehead atoms. The zero-order valence-electron chi connectivity index (χ0n) is 19.2. The minimum absolute atomic E-state index is 0.0182. The van der Waals surface area contributed by atoms with Crippen LogP contribution in [0.2, 0.25) is 0 Å². The van der Waals surface area contributed by atoms with Gasteiger partial charge in [-0.3, -0.25) is 9.59 Å². The first-order valence-corrected chi connectivity index (χ1v) is 13.0. The maximum atomic E-state index is 13.3. The van der Waals surface area contributed by atoms with Gasteiger partial charge in [-0.25, -0.2) is 4.98 Å². The van der Waals surface area contributed by atoms with Crippen LogP contribution >= 0.6 is 11.3 Å². The molecule has 0 unspecified atom stereocenters. The van der Waals surface area contributed by atoms with Gasteiger partial charge in [0.1, 0.15) is 6.04 Å². The number of hydrogen-bond acceptors (Lipinski definition) is 5. The van der Waals surface area contributed by atoms with Crippen LogP contribution < -0.4 is 16.4 Å². The van der Waals surface area contributed by atoms with Crippen molar-refractivity contribution in [3.8, 4) is 0 Å². The van der Waals surface area contributed by atoms with Crippen molar-refractivity contribution in [2.45, 2.75) is 83.2 Å². The summed E-state index contributed by atoms with van der Waals surface area (Å²) in [5, 5.41) is 7.06. The van der Waals surface area contributed by atoms with Crippen LogP contribution in [0.4, 0.5) is 0 Å². The van der Waals surface area contributed by atoms with Crippen LogP contribution in [0.15, 0.2) is 18.2 Å². The highest BCUT2D eigenvalue weighted by Gasteiger charge is 2.34. The van der Waals surface area contributed by atoms with Crippen molar-refractivity contribution in [1.29, 1.82) is 0 Å². The molecule has 2 aromatic rings. The molecule has 0 saturated heterocycles. The highest BCUT2D eigenvalue weighted by molar-refractivity contribution is 7.18. The van der Waals surface area contributed by atoms with Crippen LogP contribution in [-0.2, 0) is 16.0 Å². The molecule has 6 nitrogen and oxygen atoms in total. The highest BCUT2D eigenvalue weighted by Crippen LogP contribution is 2.30. The molecule has 174 valence electrons. The lowest BCUT2D eigenvalue weighted by Gasteiger charge is -2.31. The minimum atomic E-state index is -0.620. The topological polar surface area (TPSA) is 97.1 Å². The van der Waals surface area contributed by atoms with Gasteiger partial charge in [0, 0.05) is 24.9 Å². The van der Waals surface area contributed by atoms with E-state index in [1.807, 2.05) is 0 Å². The van der Waals surface area contributed by atoms with Gasteiger partial charge < -0.3 is 16.4 Å². The van der Waals surface area contributed by atoms with Crippen LogP contribution in [0.1, 0.15) is 75.3 Å². The molecule has 4 rings (SSSR count). The summed E-state index contributed by atoms with van der Waals surface area (Å²) in [6.07, 6.45) is 8.10. The third kappa shape index (κ3) is 5.67. The van der Waals surface area contributed by atoms with E-state index in [4.69, 9.17) is 10.7 Å². The van der Waals surface area contributed by atoms with E-state index in [0.29, 0.717) is 24.8 Å². The molecular formula is C25H36N4O2S. The summed E-state index contributed by atoms with van der Waals surface area (Å²) in [6.45, 7) is 4.78. The molecule has 0 radical (unpaired) electrons. The lowest BCUT2D eigenvalue weighted by atomic mass is 9.83. The van der Waals surface area contributed by atoms with Crippen LogP contribution in [0, 0.1) is 11.8 Å². The number of carbonyl (C=O) groups is 2. The lowest BCUT2D eigenvalue weighted by Crippen LogP contribution is -2.54. The number of nitrogens with one attached hydrogen (secondary N) is 2. The summed E-state index contributed by atoms with van der Waals surface area (Å²) in [5.41, 5.74) is 8.27. The summed E-state index contributed by atoms with van der Waals surface area (Å²) in [7, 11) is 0. The van der Waals surface area contributed by atoms with E-state index in [2.05, 4.69) is 42.7 Å². The fourth-order valence-corrected chi connectivity index (χ4v) is 5.70. The van der Waals surface area contributed by atoms with E-state index in [9.17, 15) is 9.59 Å². The lowest BCUT2D eigenvalue weighted by molar-refractivity contribution is -0.130. The number of nitrogens with zero attached hydrogens (tertiary/aromatic N) is 1. The summed E-state index contributed by atoms with van der Waals surface area (Å²) in [5.74, 6) is 0.777. The number of nitrogens with two attached hydrogens (primary N) is 1. The molecule has 2 amide bonds. The van der Waals surface area contributed by atoms with Crippen molar-refractivity contribution in [3.05, 3.63) is 28.8 Å². The number of aromatic nitrogens is 1. The molecule has 4 N–H and O–H groups in total. The van der Waals surface area contributed by atoms with E-state index in [0.717, 1.165) is 40.9 Å². The van der Waals surface area contributed by atoms with Crippen LogP contribution in [0.5, 0.6) is 0 Å². The highest BCUT2D eigenvalue weighted by atomic mass is 32.1. The van der Waals surface area contributed by atoms with Gasteiger partial charge in [-0.15, -0.1) is 11.3 Å². The molecule has 0 aliphatic heterocycles. The number of rotatable bonds is 9. The number of hydrogen-bond donors (Lipinski definition) is 3. The van der Waals surface area contributed by atoms with Crippen molar-refractivity contribution in [1.82, 2.24) is 15.6 Å². The van der Waals surface area contributed by atoms with Gasteiger partial charge in [0.25, 0.3) is 0 Å². The third-order valence-corrected chi connectivity index (χ3v) is 7.92. The molecule has 1 heterocycles. The van der Waals surface area contributed by atoms with E-state index in [1.165, 1.54) is 24.8 Å². The molecule has 2 aliphatic carbocycles. The molecule has 1 aromatic heterocycles. The second kappa shape index (κ2) is 10.3. The molecule has 1 aromatic carbocycles. The van der Waals surface area contributed by atoms with Gasteiger partial charge in [0.2, 0.25) is 11.8 Å². The van der Waals surface area contributed by atoms with Gasteiger partial charge in [-0.1, -0.05) is 39.2 Å². The van der Waals surface area contributed by atoms with E-state index >= 15 is 0 Å². The third-order valence-electron chi connectivity index (χ3n) is 6.88. The Morgan fingerprint density at radius 1 is 1.12 bits per heavy atom. The quantitative estimate of drug-likeness (QED) is 0.533. The average Bonchev–Trinajstić information content (AvgIpc) is 3.57.